The molecule has 2 unspecified atom stereocenters. The summed E-state index contributed by atoms with van der Waals surface area (Å²) in [5.41, 5.74) is 2.61. The van der Waals surface area contributed by atoms with Crippen molar-refractivity contribution in [2.75, 3.05) is 55.0 Å². The number of benzene rings is 2. The van der Waals surface area contributed by atoms with Gasteiger partial charge in [0.15, 0.2) is 5.96 Å². The minimum atomic E-state index is 0. The maximum absolute atomic E-state index is 5.29. The highest BCUT2D eigenvalue weighted by atomic mass is 127. The van der Waals surface area contributed by atoms with Gasteiger partial charge in [0.05, 0.1) is 20.3 Å². The van der Waals surface area contributed by atoms with Gasteiger partial charge in [-0.3, -0.25) is 4.99 Å². The largest absolute Gasteiger partial charge is 0.497 e. The minimum Gasteiger partial charge on any atom is -0.497 e. The van der Waals surface area contributed by atoms with Crippen LogP contribution in [0.5, 0.6) is 11.5 Å². The van der Waals surface area contributed by atoms with Gasteiger partial charge in [-0.25, -0.2) is 0 Å². The molecule has 0 spiro atoms. The first-order valence-electron chi connectivity index (χ1n) is 10.5. The summed E-state index contributed by atoms with van der Waals surface area (Å²) in [5.74, 6) is 3.26. The molecule has 7 heteroatoms. The van der Waals surface area contributed by atoms with E-state index in [1.807, 2.05) is 31.3 Å². The van der Waals surface area contributed by atoms with E-state index in [9.17, 15) is 0 Å². The van der Waals surface area contributed by atoms with Gasteiger partial charge in [0.1, 0.15) is 11.5 Å². The zero-order valence-corrected chi connectivity index (χ0v) is 21.5. The number of likely N-dealkylation sites (N-methyl/N-ethyl adjacent to an activating group) is 1. The van der Waals surface area contributed by atoms with Crippen molar-refractivity contribution in [3.8, 4) is 11.5 Å². The van der Waals surface area contributed by atoms with Gasteiger partial charge in [0.2, 0.25) is 0 Å². The van der Waals surface area contributed by atoms with Gasteiger partial charge in [-0.05, 0) is 55.9 Å². The second kappa shape index (κ2) is 12.1. The molecule has 170 valence electrons. The van der Waals surface area contributed by atoms with Crippen LogP contribution in [0.4, 0.5) is 0 Å². The van der Waals surface area contributed by atoms with Gasteiger partial charge in [-0.15, -0.1) is 24.0 Å². The second-order valence-electron chi connectivity index (χ2n) is 7.89. The van der Waals surface area contributed by atoms with Gasteiger partial charge in [0, 0.05) is 32.6 Å². The normalized spacial score (nSPS) is 17.3. The molecule has 31 heavy (non-hydrogen) atoms. The van der Waals surface area contributed by atoms with Crippen LogP contribution < -0.4 is 14.8 Å². The first-order chi connectivity index (χ1) is 14.5. The number of aliphatic imine (C=N–C) groups is 1. The van der Waals surface area contributed by atoms with E-state index in [0.29, 0.717) is 5.92 Å². The molecule has 0 aliphatic carbocycles. The summed E-state index contributed by atoms with van der Waals surface area (Å²) in [4.78, 5) is 9.14. The maximum Gasteiger partial charge on any atom is 0.193 e. The average Bonchev–Trinajstić information content (AvgIpc) is 3.27. The molecule has 6 nitrogen and oxygen atoms in total. The van der Waals surface area contributed by atoms with Crippen molar-refractivity contribution < 1.29 is 9.47 Å². The zero-order valence-electron chi connectivity index (χ0n) is 19.2. The molecular weight excluding hydrogens is 503 g/mol. The molecule has 0 bridgehead atoms. The van der Waals surface area contributed by atoms with E-state index < -0.39 is 0 Å². The highest BCUT2D eigenvalue weighted by Gasteiger charge is 2.26. The zero-order chi connectivity index (χ0) is 21.5. The van der Waals surface area contributed by atoms with Crippen LogP contribution in [0.25, 0.3) is 0 Å². The summed E-state index contributed by atoms with van der Waals surface area (Å²) in [6, 6.07) is 17.0. The number of likely N-dealkylation sites (tertiary alicyclic amines) is 1. The summed E-state index contributed by atoms with van der Waals surface area (Å²) in [6.45, 7) is 2.77. The van der Waals surface area contributed by atoms with Crippen LogP contribution in [0.3, 0.4) is 0 Å². The second-order valence-corrected chi connectivity index (χ2v) is 7.89. The first kappa shape index (κ1) is 25.3. The highest BCUT2D eigenvalue weighted by molar-refractivity contribution is 14.0. The molecule has 1 aliphatic rings. The number of methoxy groups -OCH3 is 2. The number of guanidine groups is 1. The summed E-state index contributed by atoms with van der Waals surface area (Å²) < 4.78 is 10.6. The van der Waals surface area contributed by atoms with Gasteiger partial charge in [-0.2, -0.15) is 0 Å². The monoisotopic (exact) mass is 538 g/mol. The summed E-state index contributed by atoms with van der Waals surface area (Å²) in [7, 11) is 9.47. The van der Waals surface area contributed by atoms with E-state index in [1.165, 1.54) is 11.1 Å². The van der Waals surface area contributed by atoms with Crippen molar-refractivity contribution in [1.29, 1.82) is 0 Å². The molecule has 1 aliphatic heterocycles. The Labute approximate surface area is 203 Å². The van der Waals surface area contributed by atoms with Crippen molar-refractivity contribution >= 4 is 29.9 Å². The fraction of sp³-hybridized carbons (Fsp3) is 0.458. The van der Waals surface area contributed by atoms with Gasteiger partial charge >= 0.3 is 0 Å². The number of nitrogens with zero attached hydrogens (tertiary/aromatic N) is 3. The van der Waals surface area contributed by atoms with Crippen molar-refractivity contribution in [2.45, 2.75) is 18.4 Å². The lowest BCUT2D eigenvalue weighted by molar-refractivity contribution is 0.295. The lowest BCUT2D eigenvalue weighted by Gasteiger charge is -2.28. The molecular formula is C24H35IN4O2. The molecule has 1 fully saturated rings. The molecule has 2 aromatic carbocycles. The average molecular weight is 538 g/mol. The molecule has 1 saturated heterocycles. The Morgan fingerprint density at radius 3 is 2.16 bits per heavy atom. The maximum atomic E-state index is 5.29. The third-order valence-corrected chi connectivity index (χ3v) is 5.86. The van der Waals surface area contributed by atoms with Gasteiger partial charge in [0.25, 0.3) is 0 Å². The van der Waals surface area contributed by atoms with Crippen LogP contribution in [0.1, 0.15) is 29.5 Å². The Kier molecular flexibility index (Phi) is 9.90. The van der Waals surface area contributed by atoms with Crippen LogP contribution in [0.15, 0.2) is 53.5 Å². The molecule has 0 amide bonds. The van der Waals surface area contributed by atoms with E-state index in [1.54, 1.807) is 14.2 Å². The lowest BCUT2D eigenvalue weighted by Crippen LogP contribution is -2.43. The third kappa shape index (κ3) is 6.49. The number of halogens is 1. The van der Waals surface area contributed by atoms with Crippen molar-refractivity contribution in [2.24, 2.45) is 4.99 Å². The third-order valence-electron chi connectivity index (χ3n) is 5.86. The highest BCUT2D eigenvalue weighted by Crippen LogP contribution is 2.28. The number of hydrogen-bond donors (Lipinski definition) is 1. The number of ether oxygens (including phenoxy) is 2. The fourth-order valence-corrected chi connectivity index (χ4v) is 4.05. The van der Waals surface area contributed by atoms with Crippen LogP contribution >= 0.6 is 24.0 Å². The molecule has 2 aromatic rings. The molecule has 3 rings (SSSR count). The number of nitrogens with one attached hydrogen (secondary N) is 1. The fourth-order valence-electron chi connectivity index (χ4n) is 4.05. The van der Waals surface area contributed by atoms with Gasteiger partial charge in [-0.1, -0.05) is 24.3 Å². The van der Waals surface area contributed by atoms with E-state index in [0.717, 1.165) is 43.5 Å². The topological polar surface area (TPSA) is 49.3 Å². The van der Waals surface area contributed by atoms with Gasteiger partial charge < -0.3 is 24.6 Å². The summed E-state index contributed by atoms with van der Waals surface area (Å²) in [5, 5.41) is 3.59. The van der Waals surface area contributed by atoms with Crippen molar-refractivity contribution in [3.05, 3.63) is 59.7 Å². The number of rotatable bonds is 7. The van der Waals surface area contributed by atoms with Crippen LogP contribution in [0, 0.1) is 0 Å². The molecule has 0 aromatic heterocycles. The Balaban J connectivity index is 0.00000341. The van der Waals surface area contributed by atoms with Crippen LogP contribution in [-0.4, -0.2) is 70.8 Å². The predicted octanol–water partition coefficient (Wildman–Crippen LogP) is 3.99. The van der Waals surface area contributed by atoms with E-state index >= 15 is 0 Å². The molecule has 0 saturated carbocycles. The summed E-state index contributed by atoms with van der Waals surface area (Å²) in [6.07, 6.45) is 1.13. The minimum absolute atomic E-state index is 0. The van der Waals surface area contributed by atoms with E-state index in [-0.39, 0.29) is 30.0 Å². The summed E-state index contributed by atoms with van der Waals surface area (Å²) >= 11 is 0. The Morgan fingerprint density at radius 1 is 1.06 bits per heavy atom. The van der Waals surface area contributed by atoms with Crippen LogP contribution in [-0.2, 0) is 0 Å². The van der Waals surface area contributed by atoms with Crippen molar-refractivity contribution in [1.82, 2.24) is 15.1 Å². The predicted molar refractivity (Wildman–Crippen MR) is 138 cm³/mol. The lowest BCUT2D eigenvalue weighted by atomic mass is 9.98. The van der Waals surface area contributed by atoms with Crippen molar-refractivity contribution in [3.63, 3.8) is 0 Å². The standard InChI is InChI=1S/C24H34N4O2.HI/c1-25-24(26-16-23(27(2)3)19-8-12-22(30-5)13-9-19)28-15-14-20(17-28)18-6-10-21(29-4)11-7-18;/h6-13,20,23H,14-17H2,1-5H3,(H,25,26);1H. The smallest absolute Gasteiger partial charge is 0.193 e. The molecule has 1 N–H and O–H groups in total. The quantitative estimate of drug-likeness (QED) is 0.328. The Bertz CT molecular complexity index is 824. The Hall–Kier alpha value is -2.00. The molecule has 0 radical (unpaired) electrons. The number of hydrogen-bond acceptors (Lipinski definition) is 4. The van der Waals surface area contributed by atoms with E-state index in [4.69, 9.17) is 9.47 Å². The SMILES string of the molecule is CN=C(NCC(c1ccc(OC)cc1)N(C)C)N1CCC(c2ccc(OC)cc2)C1.I. The first-order valence-corrected chi connectivity index (χ1v) is 10.5. The Morgan fingerprint density at radius 2 is 1.65 bits per heavy atom. The molecule has 1 heterocycles. The molecule has 2 atom stereocenters. The van der Waals surface area contributed by atoms with E-state index in [2.05, 4.69) is 58.5 Å². The van der Waals surface area contributed by atoms with Crippen LogP contribution in [0.2, 0.25) is 0 Å².